The van der Waals surface area contributed by atoms with Crippen molar-refractivity contribution in [1.29, 1.82) is 0 Å². The van der Waals surface area contributed by atoms with E-state index in [1.807, 2.05) is 19.1 Å². The van der Waals surface area contributed by atoms with E-state index in [2.05, 4.69) is 30.1 Å². The lowest BCUT2D eigenvalue weighted by Crippen LogP contribution is -2.14. The average Bonchev–Trinajstić information content (AvgIpc) is 2.21. The Balaban J connectivity index is 2.38. The lowest BCUT2D eigenvalue weighted by molar-refractivity contribution is 0.340. The van der Waals surface area contributed by atoms with Gasteiger partial charge in [-0.25, -0.2) is 0 Å². The summed E-state index contributed by atoms with van der Waals surface area (Å²) in [4.78, 5) is 0. The quantitative estimate of drug-likeness (QED) is 0.427. The van der Waals surface area contributed by atoms with E-state index in [0.717, 1.165) is 31.2 Å². The van der Waals surface area contributed by atoms with E-state index in [-0.39, 0.29) is 0 Å². The molecule has 0 atom stereocenters. The first-order valence-corrected chi connectivity index (χ1v) is 5.53. The fourth-order valence-electron chi connectivity index (χ4n) is 1.23. The zero-order chi connectivity index (χ0) is 10.2. The van der Waals surface area contributed by atoms with Gasteiger partial charge in [-0.15, -0.1) is 0 Å². The molecule has 0 amide bonds. The van der Waals surface area contributed by atoms with Gasteiger partial charge in [0.05, 0.1) is 6.61 Å². The second-order valence-corrected chi connectivity index (χ2v) is 3.30. The zero-order valence-electron chi connectivity index (χ0n) is 8.49. The predicted octanol–water partition coefficient (Wildman–Crippen LogP) is 2.10. The molecular weight excluding hydrogens is 194 g/mol. The highest BCUT2D eigenvalue weighted by atomic mass is 32.1. The third-order valence-electron chi connectivity index (χ3n) is 1.94. The first kappa shape index (κ1) is 11.4. The molecule has 0 aliphatic heterocycles. The molecule has 1 aromatic rings. The molecule has 0 aliphatic carbocycles. The summed E-state index contributed by atoms with van der Waals surface area (Å²) in [5.74, 6) is 1.68. The Hall–Kier alpha value is -0.670. The molecule has 0 radical (unpaired) electrons. The number of hydrogen-bond donors (Lipinski definition) is 2. The van der Waals surface area contributed by atoms with E-state index in [0.29, 0.717) is 0 Å². The van der Waals surface area contributed by atoms with Crippen LogP contribution in [0.2, 0.25) is 0 Å². The molecule has 1 aromatic carbocycles. The van der Waals surface area contributed by atoms with Crippen LogP contribution < -0.4 is 10.1 Å². The summed E-state index contributed by atoms with van der Waals surface area (Å²) in [7, 11) is 0. The number of thiol groups is 1. The van der Waals surface area contributed by atoms with Gasteiger partial charge in [-0.1, -0.05) is 12.1 Å². The van der Waals surface area contributed by atoms with E-state index < -0.39 is 0 Å². The van der Waals surface area contributed by atoms with Gasteiger partial charge in [0.2, 0.25) is 0 Å². The van der Waals surface area contributed by atoms with Crippen LogP contribution in [0, 0.1) is 0 Å². The van der Waals surface area contributed by atoms with Gasteiger partial charge in [-0.2, -0.15) is 12.6 Å². The Labute approximate surface area is 91.1 Å². The smallest absolute Gasteiger partial charge is 0.119 e. The molecule has 2 nitrogen and oxygen atoms in total. The van der Waals surface area contributed by atoms with E-state index >= 15 is 0 Å². The third-order valence-corrected chi connectivity index (χ3v) is 2.16. The fourth-order valence-corrected chi connectivity index (χ4v) is 1.39. The van der Waals surface area contributed by atoms with Crippen LogP contribution in [0.1, 0.15) is 12.5 Å². The van der Waals surface area contributed by atoms with E-state index in [9.17, 15) is 0 Å². The van der Waals surface area contributed by atoms with Crippen LogP contribution in [0.25, 0.3) is 0 Å². The van der Waals surface area contributed by atoms with Gasteiger partial charge in [-0.05, 0) is 37.6 Å². The monoisotopic (exact) mass is 211 g/mol. The molecule has 0 aliphatic rings. The number of nitrogens with one attached hydrogen (secondary N) is 1. The summed E-state index contributed by atoms with van der Waals surface area (Å²) < 4.78 is 5.36. The minimum absolute atomic E-state index is 0.723. The lowest BCUT2D eigenvalue weighted by Gasteiger charge is -2.05. The molecule has 0 unspecified atom stereocenters. The molecule has 0 bridgehead atoms. The van der Waals surface area contributed by atoms with Crippen LogP contribution >= 0.6 is 12.6 Å². The molecule has 3 heteroatoms. The van der Waals surface area contributed by atoms with E-state index in [1.54, 1.807) is 0 Å². The number of hydrogen-bond acceptors (Lipinski definition) is 3. The summed E-state index contributed by atoms with van der Waals surface area (Å²) >= 11 is 4.08. The Morgan fingerprint density at radius 1 is 1.29 bits per heavy atom. The van der Waals surface area contributed by atoms with Gasteiger partial charge < -0.3 is 10.1 Å². The fraction of sp³-hybridized carbons (Fsp3) is 0.455. The van der Waals surface area contributed by atoms with Crippen LogP contribution in [0.4, 0.5) is 0 Å². The van der Waals surface area contributed by atoms with E-state index in [4.69, 9.17) is 4.74 Å². The van der Waals surface area contributed by atoms with Crippen LogP contribution in [-0.2, 0) is 6.42 Å². The minimum Gasteiger partial charge on any atom is -0.494 e. The molecule has 1 rings (SSSR count). The molecule has 0 saturated heterocycles. The largest absolute Gasteiger partial charge is 0.494 e. The Kier molecular flexibility index (Phi) is 5.49. The van der Waals surface area contributed by atoms with Crippen LogP contribution in [0.5, 0.6) is 5.75 Å². The summed E-state index contributed by atoms with van der Waals surface area (Å²) in [6.07, 6.45) is 1.03. The van der Waals surface area contributed by atoms with Crippen molar-refractivity contribution in [3.63, 3.8) is 0 Å². The average molecular weight is 211 g/mol. The summed E-state index contributed by atoms with van der Waals surface area (Å²) in [6.45, 7) is 3.68. The molecule has 0 fully saturated rings. The zero-order valence-corrected chi connectivity index (χ0v) is 9.39. The summed E-state index contributed by atoms with van der Waals surface area (Å²) in [5.41, 5.74) is 1.32. The molecule has 0 heterocycles. The normalized spacial score (nSPS) is 10.1. The number of benzene rings is 1. The molecule has 0 spiro atoms. The van der Waals surface area contributed by atoms with Crippen molar-refractivity contribution in [3.05, 3.63) is 29.8 Å². The molecular formula is C11H17NOS. The Morgan fingerprint density at radius 2 is 2.00 bits per heavy atom. The summed E-state index contributed by atoms with van der Waals surface area (Å²) in [5, 5.41) is 3.17. The molecule has 14 heavy (non-hydrogen) atoms. The van der Waals surface area contributed by atoms with Crippen molar-refractivity contribution >= 4 is 12.6 Å². The summed E-state index contributed by atoms with van der Waals surface area (Å²) in [6, 6.07) is 8.23. The second-order valence-electron chi connectivity index (χ2n) is 2.99. The molecule has 1 N–H and O–H groups in total. The lowest BCUT2D eigenvalue weighted by atomic mass is 10.1. The van der Waals surface area contributed by atoms with Crippen LogP contribution in [0.3, 0.4) is 0 Å². The van der Waals surface area contributed by atoms with Gasteiger partial charge in [0, 0.05) is 5.88 Å². The highest BCUT2D eigenvalue weighted by Crippen LogP contribution is 2.11. The molecule has 0 saturated carbocycles. The van der Waals surface area contributed by atoms with Crippen molar-refractivity contribution in [2.75, 3.05) is 19.0 Å². The minimum atomic E-state index is 0.723. The van der Waals surface area contributed by atoms with Crippen LogP contribution in [0.15, 0.2) is 24.3 Å². The number of rotatable bonds is 6. The topological polar surface area (TPSA) is 21.3 Å². The first-order chi connectivity index (χ1) is 6.86. The van der Waals surface area contributed by atoms with Crippen LogP contribution in [-0.4, -0.2) is 19.0 Å². The van der Waals surface area contributed by atoms with Gasteiger partial charge in [0.25, 0.3) is 0 Å². The highest BCUT2D eigenvalue weighted by molar-refractivity contribution is 7.80. The number of ether oxygens (including phenoxy) is 1. The third kappa shape index (κ3) is 4.03. The van der Waals surface area contributed by atoms with Crippen molar-refractivity contribution in [3.8, 4) is 5.75 Å². The van der Waals surface area contributed by atoms with Gasteiger partial charge >= 0.3 is 0 Å². The maximum atomic E-state index is 5.36. The van der Waals surface area contributed by atoms with Crippen molar-refractivity contribution in [2.45, 2.75) is 13.3 Å². The Morgan fingerprint density at radius 3 is 2.57 bits per heavy atom. The molecule has 0 aromatic heterocycles. The second kappa shape index (κ2) is 6.74. The SMILES string of the molecule is CCOc1ccc(CCNCS)cc1. The van der Waals surface area contributed by atoms with Crippen molar-refractivity contribution in [2.24, 2.45) is 0 Å². The standard InChI is InChI=1S/C11H17NOS/c1-2-13-11-5-3-10(4-6-11)7-8-12-9-14/h3-6,12,14H,2,7-9H2,1H3. The van der Waals surface area contributed by atoms with Gasteiger partial charge in [-0.3, -0.25) is 0 Å². The maximum Gasteiger partial charge on any atom is 0.119 e. The van der Waals surface area contributed by atoms with Gasteiger partial charge in [0.1, 0.15) is 5.75 Å². The van der Waals surface area contributed by atoms with E-state index in [1.165, 1.54) is 5.56 Å². The maximum absolute atomic E-state index is 5.36. The highest BCUT2D eigenvalue weighted by Gasteiger charge is 1.94. The molecule has 78 valence electrons. The first-order valence-electron chi connectivity index (χ1n) is 4.90. The van der Waals surface area contributed by atoms with Gasteiger partial charge in [0.15, 0.2) is 0 Å². The predicted molar refractivity (Wildman–Crippen MR) is 63.2 cm³/mol. The Bertz CT molecular complexity index is 248. The van der Waals surface area contributed by atoms with Crippen molar-refractivity contribution in [1.82, 2.24) is 5.32 Å². The van der Waals surface area contributed by atoms with Crippen molar-refractivity contribution < 1.29 is 4.74 Å².